The lowest BCUT2D eigenvalue weighted by atomic mass is 10.1. The first-order valence-electron chi connectivity index (χ1n) is 8.12. The van der Waals surface area contributed by atoms with Crippen LogP contribution in [0.5, 0.6) is 0 Å². The number of benzene rings is 2. The lowest BCUT2D eigenvalue weighted by molar-refractivity contribution is 0.0994. The number of nitrogens with two attached hydrogens (primary N) is 1. The van der Waals surface area contributed by atoms with Crippen LogP contribution < -0.4 is 16.4 Å². The number of anilines is 2. The number of nitrogens with one attached hydrogen (secondary N) is 2. The number of hydrogen-bond donors (Lipinski definition) is 3. The van der Waals surface area contributed by atoms with Crippen molar-refractivity contribution in [1.82, 2.24) is 0 Å². The van der Waals surface area contributed by atoms with Gasteiger partial charge in [0, 0.05) is 23.5 Å². The van der Waals surface area contributed by atoms with Gasteiger partial charge in [-0.2, -0.15) is 0 Å². The van der Waals surface area contributed by atoms with Crippen molar-refractivity contribution < 1.29 is 14.0 Å². The minimum absolute atomic E-state index is 0.216. The summed E-state index contributed by atoms with van der Waals surface area (Å²) in [6, 6.07) is 15.7. The second-order valence-electron chi connectivity index (χ2n) is 5.82. The van der Waals surface area contributed by atoms with E-state index in [2.05, 4.69) is 10.6 Å². The molecule has 0 aliphatic heterocycles. The molecule has 4 N–H and O–H groups in total. The zero-order valence-electron chi connectivity index (χ0n) is 14.3. The molecule has 0 saturated heterocycles. The zero-order valence-corrected chi connectivity index (χ0v) is 14.3. The Morgan fingerprint density at radius 2 is 1.85 bits per heavy atom. The van der Waals surface area contributed by atoms with Gasteiger partial charge in [0.15, 0.2) is 5.76 Å². The molecule has 2 aromatic carbocycles. The van der Waals surface area contributed by atoms with E-state index in [9.17, 15) is 9.59 Å². The Hall–Kier alpha value is -3.38. The molecule has 26 heavy (non-hydrogen) atoms. The van der Waals surface area contributed by atoms with E-state index in [-0.39, 0.29) is 17.6 Å². The second-order valence-corrected chi connectivity index (χ2v) is 5.82. The van der Waals surface area contributed by atoms with Crippen molar-refractivity contribution in [3.05, 3.63) is 83.3 Å². The summed E-state index contributed by atoms with van der Waals surface area (Å²) in [5.41, 5.74) is 9.15. The normalized spacial score (nSPS) is 10.4. The van der Waals surface area contributed by atoms with Crippen molar-refractivity contribution in [2.75, 3.05) is 10.6 Å². The van der Waals surface area contributed by atoms with Crippen molar-refractivity contribution >= 4 is 23.2 Å². The summed E-state index contributed by atoms with van der Waals surface area (Å²) in [5, 5.41) is 5.63. The molecule has 132 valence electrons. The Kier molecular flexibility index (Phi) is 5.15. The van der Waals surface area contributed by atoms with Crippen LogP contribution in [0.3, 0.4) is 0 Å². The molecule has 1 heterocycles. The average Bonchev–Trinajstić information content (AvgIpc) is 3.19. The molecule has 0 unspecified atom stereocenters. The molecular weight excluding hydrogens is 330 g/mol. The van der Waals surface area contributed by atoms with Gasteiger partial charge < -0.3 is 20.8 Å². The highest BCUT2D eigenvalue weighted by Gasteiger charge is 2.11. The van der Waals surface area contributed by atoms with Crippen LogP contribution in [0.25, 0.3) is 0 Å². The molecule has 3 aromatic rings. The molecule has 0 aliphatic rings. The largest absolute Gasteiger partial charge is 0.459 e. The molecule has 0 spiro atoms. The van der Waals surface area contributed by atoms with E-state index in [1.54, 1.807) is 48.5 Å². The van der Waals surface area contributed by atoms with Crippen LogP contribution in [-0.4, -0.2) is 11.8 Å². The molecule has 0 atom stereocenters. The maximum absolute atomic E-state index is 12.4. The molecule has 2 amide bonds. The molecule has 0 fully saturated rings. The third-order valence-electron chi connectivity index (χ3n) is 3.90. The molecule has 1 aromatic heterocycles. The fourth-order valence-corrected chi connectivity index (χ4v) is 2.52. The number of amides is 2. The summed E-state index contributed by atoms with van der Waals surface area (Å²) in [6.07, 6.45) is 1.44. The summed E-state index contributed by atoms with van der Waals surface area (Å²) in [5.74, 6) is -0.304. The van der Waals surface area contributed by atoms with E-state index < -0.39 is 0 Å². The second kappa shape index (κ2) is 7.67. The Balaban J connectivity index is 1.71. The Morgan fingerprint density at radius 1 is 1.00 bits per heavy atom. The third kappa shape index (κ3) is 3.99. The van der Waals surface area contributed by atoms with Crippen LogP contribution in [-0.2, 0) is 6.54 Å². The summed E-state index contributed by atoms with van der Waals surface area (Å²) >= 11 is 0. The number of rotatable bonds is 5. The van der Waals surface area contributed by atoms with Crippen molar-refractivity contribution in [3.8, 4) is 0 Å². The lowest BCUT2D eigenvalue weighted by Crippen LogP contribution is -2.14. The predicted molar refractivity (Wildman–Crippen MR) is 100 cm³/mol. The van der Waals surface area contributed by atoms with Crippen molar-refractivity contribution in [2.24, 2.45) is 5.73 Å². The third-order valence-corrected chi connectivity index (χ3v) is 3.90. The van der Waals surface area contributed by atoms with E-state index in [0.717, 1.165) is 11.1 Å². The van der Waals surface area contributed by atoms with Gasteiger partial charge in [-0.05, 0) is 60.5 Å². The fourth-order valence-electron chi connectivity index (χ4n) is 2.52. The number of hydrogen-bond acceptors (Lipinski definition) is 4. The summed E-state index contributed by atoms with van der Waals surface area (Å²) in [6.45, 7) is 2.23. The molecule has 0 bridgehead atoms. The van der Waals surface area contributed by atoms with Crippen molar-refractivity contribution in [2.45, 2.75) is 13.5 Å². The highest BCUT2D eigenvalue weighted by Crippen LogP contribution is 2.21. The van der Waals surface area contributed by atoms with Crippen LogP contribution in [0.2, 0.25) is 0 Å². The van der Waals surface area contributed by atoms with Crippen LogP contribution in [0.4, 0.5) is 11.4 Å². The Bertz CT molecular complexity index is 933. The molecule has 3 rings (SSSR count). The smallest absolute Gasteiger partial charge is 0.291 e. The minimum atomic E-state index is -0.325. The summed E-state index contributed by atoms with van der Waals surface area (Å²) < 4.78 is 5.07. The SMILES string of the molecule is Cc1cc(NC(=O)c2cccc(CN)c2)ccc1NC(=O)c1ccco1. The first-order chi connectivity index (χ1) is 12.6. The first-order valence-corrected chi connectivity index (χ1v) is 8.12. The number of furan rings is 1. The summed E-state index contributed by atoms with van der Waals surface area (Å²) in [4.78, 5) is 24.4. The number of carbonyl (C=O) groups is 2. The van der Waals surface area contributed by atoms with Gasteiger partial charge in [-0.15, -0.1) is 0 Å². The minimum Gasteiger partial charge on any atom is -0.459 e. The highest BCUT2D eigenvalue weighted by atomic mass is 16.3. The first kappa shape index (κ1) is 17.4. The van der Waals surface area contributed by atoms with E-state index in [0.29, 0.717) is 23.5 Å². The van der Waals surface area contributed by atoms with Gasteiger partial charge in [-0.3, -0.25) is 9.59 Å². The van der Waals surface area contributed by atoms with E-state index in [1.165, 1.54) is 6.26 Å². The van der Waals surface area contributed by atoms with Crippen LogP contribution in [0.1, 0.15) is 32.0 Å². The average molecular weight is 349 g/mol. The highest BCUT2D eigenvalue weighted by molar-refractivity contribution is 6.05. The van der Waals surface area contributed by atoms with Crippen molar-refractivity contribution in [1.29, 1.82) is 0 Å². The van der Waals surface area contributed by atoms with Crippen LogP contribution in [0.15, 0.2) is 65.3 Å². The standard InChI is InChI=1S/C20H19N3O3/c1-13-10-16(22-19(24)15-5-2-4-14(11-15)12-21)7-8-17(13)23-20(25)18-6-3-9-26-18/h2-11H,12,21H2,1H3,(H,22,24)(H,23,25). The molecule has 0 radical (unpaired) electrons. The zero-order chi connectivity index (χ0) is 18.5. The molecule has 6 heteroatoms. The topological polar surface area (TPSA) is 97.4 Å². The van der Waals surface area contributed by atoms with Gasteiger partial charge in [-0.25, -0.2) is 0 Å². The van der Waals surface area contributed by atoms with Crippen LogP contribution >= 0.6 is 0 Å². The van der Waals surface area contributed by atoms with E-state index in [1.807, 2.05) is 13.0 Å². The van der Waals surface area contributed by atoms with Crippen LogP contribution in [0, 0.1) is 6.92 Å². The van der Waals surface area contributed by atoms with Gasteiger partial charge in [0.1, 0.15) is 0 Å². The quantitative estimate of drug-likeness (QED) is 0.656. The maximum Gasteiger partial charge on any atom is 0.291 e. The number of carbonyl (C=O) groups excluding carboxylic acids is 2. The molecule has 6 nitrogen and oxygen atoms in total. The van der Waals surface area contributed by atoms with Gasteiger partial charge >= 0.3 is 0 Å². The van der Waals surface area contributed by atoms with E-state index in [4.69, 9.17) is 10.2 Å². The Morgan fingerprint density at radius 3 is 2.54 bits per heavy atom. The van der Waals surface area contributed by atoms with E-state index >= 15 is 0 Å². The number of aryl methyl sites for hydroxylation is 1. The van der Waals surface area contributed by atoms with Crippen molar-refractivity contribution in [3.63, 3.8) is 0 Å². The lowest BCUT2D eigenvalue weighted by Gasteiger charge is -2.11. The monoisotopic (exact) mass is 349 g/mol. The Labute approximate surface area is 151 Å². The van der Waals surface area contributed by atoms with Gasteiger partial charge in [0.2, 0.25) is 0 Å². The molecule has 0 aliphatic carbocycles. The summed E-state index contributed by atoms with van der Waals surface area (Å²) in [7, 11) is 0. The maximum atomic E-state index is 12.4. The predicted octanol–water partition coefficient (Wildman–Crippen LogP) is 3.55. The molecule has 0 saturated carbocycles. The van der Waals surface area contributed by atoms with Gasteiger partial charge in [-0.1, -0.05) is 12.1 Å². The molecular formula is C20H19N3O3. The fraction of sp³-hybridized carbons (Fsp3) is 0.100. The van der Waals surface area contributed by atoms with Gasteiger partial charge in [0.25, 0.3) is 11.8 Å². The van der Waals surface area contributed by atoms with Gasteiger partial charge in [0.05, 0.1) is 6.26 Å².